The fourth-order valence-corrected chi connectivity index (χ4v) is 1.83. The van der Waals surface area contributed by atoms with E-state index in [1.807, 2.05) is 0 Å². The molecule has 15 heavy (non-hydrogen) atoms. The van der Waals surface area contributed by atoms with Crippen LogP contribution < -0.4 is 0 Å². The van der Waals surface area contributed by atoms with E-state index >= 15 is 0 Å². The van der Waals surface area contributed by atoms with Gasteiger partial charge in [-0.3, -0.25) is 0 Å². The molecule has 1 aromatic rings. The molecular formula is C12H12ClFO. The van der Waals surface area contributed by atoms with Crippen molar-refractivity contribution in [3.8, 4) is 0 Å². The zero-order valence-corrected chi connectivity index (χ0v) is 8.97. The lowest BCUT2D eigenvalue weighted by Gasteiger charge is -2.07. The van der Waals surface area contributed by atoms with Crippen LogP contribution >= 0.6 is 11.6 Å². The van der Waals surface area contributed by atoms with Gasteiger partial charge in [-0.25, -0.2) is 4.39 Å². The summed E-state index contributed by atoms with van der Waals surface area (Å²) < 4.78 is 13.5. The summed E-state index contributed by atoms with van der Waals surface area (Å²) in [7, 11) is 0. The average Bonchev–Trinajstić information content (AvgIpc) is 3.05. The summed E-state index contributed by atoms with van der Waals surface area (Å²) in [6.45, 7) is -0.519. The Labute approximate surface area is 93.2 Å². The molecule has 0 heterocycles. The third-order valence-corrected chi connectivity index (χ3v) is 2.82. The van der Waals surface area contributed by atoms with Crippen LogP contribution in [0.1, 0.15) is 18.4 Å². The topological polar surface area (TPSA) is 20.2 Å². The van der Waals surface area contributed by atoms with Gasteiger partial charge in [0.15, 0.2) is 0 Å². The first-order valence-corrected chi connectivity index (χ1v) is 5.35. The molecule has 1 fully saturated rings. The van der Waals surface area contributed by atoms with Gasteiger partial charge in [0.05, 0.1) is 6.61 Å². The zero-order valence-electron chi connectivity index (χ0n) is 8.21. The lowest BCUT2D eigenvalue weighted by atomic mass is 10.0. The van der Waals surface area contributed by atoms with E-state index in [2.05, 4.69) is 0 Å². The summed E-state index contributed by atoms with van der Waals surface area (Å²) in [4.78, 5) is 0. The normalized spacial score (nSPS) is 17.5. The maximum atomic E-state index is 13.5. The van der Waals surface area contributed by atoms with Gasteiger partial charge in [0.1, 0.15) is 5.83 Å². The average molecular weight is 227 g/mol. The van der Waals surface area contributed by atoms with Crippen molar-refractivity contribution in [2.24, 2.45) is 5.92 Å². The summed E-state index contributed by atoms with van der Waals surface area (Å²) in [6.07, 6.45) is 2.01. The van der Waals surface area contributed by atoms with Crippen molar-refractivity contribution < 1.29 is 9.50 Å². The SMILES string of the molecule is OC/C(F)=C(/c1ccc(Cl)cc1)C1CC1. The number of allylic oxidation sites excluding steroid dienone is 1. The molecule has 0 saturated heterocycles. The number of hydrogen-bond acceptors (Lipinski definition) is 1. The summed E-state index contributed by atoms with van der Waals surface area (Å²) in [5.74, 6) is -0.141. The Morgan fingerprint density at radius 1 is 1.33 bits per heavy atom. The van der Waals surface area contributed by atoms with Crippen molar-refractivity contribution in [3.63, 3.8) is 0 Å². The highest BCUT2D eigenvalue weighted by atomic mass is 35.5. The smallest absolute Gasteiger partial charge is 0.129 e. The highest BCUT2D eigenvalue weighted by Gasteiger charge is 2.29. The van der Waals surface area contributed by atoms with Gasteiger partial charge in [-0.15, -0.1) is 0 Å². The number of halogens is 2. The van der Waals surface area contributed by atoms with Crippen molar-refractivity contribution in [2.75, 3.05) is 6.61 Å². The highest BCUT2D eigenvalue weighted by molar-refractivity contribution is 6.30. The molecule has 0 radical (unpaired) electrons. The molecule has 0 amide bonds. The van der Waals surface area contributed by atoms with Gasteiger partial charge in [-0.2, -0.15) is 0 Å². The van der Waals surface area contributed by atoms with Crippen LogP contribution in [0.25, 0.3) is 5.57 Å². The minimum atomic E-state index is -0.519. The molecule has 80 valence electrons. The second kappa shape index (κ2) is 4.33. The second-order valence-electron chi connectivity index (χ2n) is 3.76. The quantitative estimate of drug-likeness (QED) is 0.837. The van der Waals surface area contributed by atoms with Gasteiger partial charge in [0, 0.05) is 5.02 Å². The standard InChI is InChI=1S/C12H12ClFO/c13-10-5-3-9(4-6-10)12(8-1-2-8)11(14)7-15/h3-6,8,15H,1-2,7H2/b12-11-. The maximum Gasteiger partial charge on any atom is 0.129 e. The maximum absolute atomic E-state index is 13.5. The van der Waals surface area contributed by atoms with Gasteiger partial charge in [-0.05, 0) is 42.0 Å². The number of rotatable bonds is 3. The first-order chi connectivity index (χ1) is 7.22. The number of benzene rings is 1. The summed E-state index contributed by atoms with van der Waals surface area (Å²) in [5.41, 5.74) is 1.47. The van der Waals surface area contributed by atoms with Gasteiger partial charge < -0.3 is 5.11 Å². The van der Waals surface area contributed by atoms with Crippen LogP contribution in [0.4, 0.5) is 4.39 Å². The van der Waals surface area contributed by atoms with Gasteiger partial charge in [-0.1, -0.05) is 23.7 Å². The largest absolute Gasteiger partial charge is 0.389 e. The van der Waals surface area contributed by atoms with Crippen LogP contribution in [-0.4, -0.2) is 11.7 Å². The predicted octanol–water partition coefficient (Wildman–Crippen LogP) is 3.42. The Kier molecular flexibility index (Phi) is 3.08. The Hall–Kier alpha value is -0.860. The Balaban J connectivity index is 2.37. The van der Waals surface area contributed by atoms with E-state index in [0.29, 0.717) is 10.6 Å². The molecule has 0 aliphatic heterocycles. The molecule has 1 aliphatic rings. The number of aliphatic hydroxyl groups excluding tert-OH is 1. The van der Waals surface area contributed by atoms with Crippen LogP contribution in [-0.2, 0) is 0 Å². The molecule has 0 unspecified atom stereocenters. The van der Waals surface area contributed by atoms with Gasteiger partial charge in [0.25, 0.3) is 0 Å². The summed E-state index contributed by atoms with van der Waals surface area (Å²) >= 11 is 5.77. The molecule has 1 saturated carbocycles. The first-order valence-electron chi connectivity index (χ1n) is 4.97. The molecule has 3 heteroatoms. The molecule has 1 aliphatic carbocycles. The van der Waals surface area contributed by atoms with Crippen LogP contribution in [0, 0.1) is 5.92 Å². The predicted molar refractivity (Wildman–Crippen MR) is 59.3 cm³/mol. The van der Waals surface area contributed by atoms with Crippen LogP contribution in [0.5, 0.6) is 0 Å². The molecule has 0 atom stereocenters. The fraction of sp³-hybridized carbons (Fsp3) is 0.333. The van der Waals surface area contributed by atoms with Crippen molar-refractivity contribution in [3.05, 3.63) is 40.7 Å². The molecule has 2 rings (SSSR count). The van der Waals surface area contributed by atoms with Crippen molar-refractivity contribution in [1.82, 2.24) is 0 Å². The lowest BCUT2D eigenvalue weighted by Crippen LogP contribution is -1.94. The Bertz CT molecular complexity index is 379. The van der Waals surface area contributed by atoms with E-state index in [1.54, 1.807) is 24.3 Å². The van der Waals surface area contributed by atoms with Crippen molar-refractivity contribution in [1.29, 1.82) is 0 Å². The van der Waals surface area contributed by atoms with Crippen LogP contribution in [0.3, 0.4) is 0 Å². The molecule has 1 aromatic carbocycles. The molecular weight excluding hydrogens is 215 g/mol. The number of hydrogen-bond donors (Lipinski definition) is 1. The molecule has 0 spiro atoms. The molecule has 0 bridgehead atoms. The highest BCUT2D eigenvalue weighted by Crippen LogP contribution is 2.43. The second-order valence-corrected chi connectivity index (χ2v) is 4.19. The first kappa shape index (κ1) is 10.7. The monoisotopic (exact) mass is 226 g/mol. The van der Waals surface area contributed by atoms with E-state index in [-0.39, 0.29) is 5.92 Å². The van der Waals surface area contributed by atoms with Crippen LogP contribution in [0.2, 0.25) is 5.02 Å². The summed E-state index contributed by atoms with van der Waals surface area (Å²) in [6, 6.07) is 7.07. The van der Waals surface area contributed by atoms with E-state index in [0.717, 1.165) is 18.4 Å². The Morgan fingerprint density at radius 3 is 2.40 bits per heavy atom. The van der Waals surface area contributed by atoms with Crippen LogP contribution in [0.15, 0.2) is 30.1 Å². The zero-order chi connectivity index (χ0) is 10.8. The van der Waals surface area contributed by atoms with E-state index in [4.69, 9.17) is 16.7 Å². The summed E-state index contributed by atoms with van der Waals surface area (Å²) in [5, 5.41) is 9.48. The fourth-order valence-electron chi connectivity index (χ4n) is 1.70. The van der Waals surface area contributed by atoms with Crippen molar-refractivity contribution >= 4 is 17.2 Å². The minimum absolute atomic E-state index is 0.276. The minimum Gasteiger partial charge on any atom is -0.389 e. The van der Waals surface area contributed by atoms with E-state index in [1.165, 1.54) is 0 Å². The number of aliphatic hydroxyl groups is 1. The van der Waals surface area contributed by atoms with Crippen molar-refractivity contribution in [2.45, 2.75) is 12.8 Å². The van der Waals surface area contributed by atoms with Gasteiger partial charge >= 0.3 is 0 Å². The third-order valence-electron chi connectivity index (χ3n) is 2.57. The molecule has 1 nitrogen and oxygen atoms in total. The van der Waals surface area contributed by atoms with Gasteiger partial charge in [0.2, 0.25) is 0 Å². The molecule has 1 N–H and O–H groups in total. The lowest BCUT2D eigenvalue weighted by molar-refractivity contribution is 0.298. The van der Waals surface area contributed by atoms with E-state index < -0.39 is 12.4 Å². The third kappa shape index (κ3) is 2.39. The molecule has 0 aromatic heterocycles. The van der Waals surface area contributed by atoms with E-state index in [9.17, 15) is 4.39 Å². The Morgan fingerprint density at radius 2 is 1.93 bits per heavy atom.